The van der Waals surface area contributed by atoms with Gasteiger partial charge in [-0.1, -0.05) is 30.9 Å². The lowest BCUT2D eigenvalue weighted by Gasteiger charge is -2.22. The van der Waals surface area contributed by atoms with Crippen LogP contribution in [-0.2, 0) is 10.0 Å². The van der Waals surface area contributed by atoms with Crippen molar-refractivity contribution < 1.29 is 17.9 Å². The van der Waals surface area contributed by atoms with Crippen LogP contribution in [0.4, 0.5) is 0 Å². The van der Waals surface area contributed by atoms with Gasteiger partial charge in [-0.2, -0.15) is 4.09 Å². The number of carbonyl (C=O) groups excluding carboxylic acids is 1. The molecular formula is C23H25BrN4O4S. The van der Waals surface area contributed by atoms with Crippen molar-refractivity contribution >= 4 is 49.0 Å². The van der Waals surface area contributed by atoms with Crippen LogP contribution in [-0.4, -0.2) is 58.8 Å². The molecule has 4 rings (SSSR count). The Bertz CT molecular complexity index is 1300. The molecule has 0 saturated heterocycles. The zero-order valence-corrected chi connectivity index (χ0v) is 20.7. The van der Waals surface area contributed by atoms with Crippen LogP contribution in [0.5, 0.6) is 5.75 Å². The van der Waals surface area contributed by atoms with Crippen LogP contribution < -0.4 is 4.74 Å². The van der Waals surface area contributed by atoms with Crippen molar-refractivity contribution in [2.75, 3.05) is 19.4 Å². The number of halogens is 1. The highest BCUT2D eigenvalue weighted by Crippen LogP contribution is 2.29. The van der Waals surface area contributed by atoms with E-state index in [-0.39, 0.29) is 22.2 Å². The van der Waals surface area contributed by atoms with Crippen molar-refractivity contribution in [3.63, 3.8) is 0 Å². The van der Waals surface area contributed by atoms with E-state index in [0.717, 1.165) is 47.3 Å². The first kappa shape index (κ1) is 23.4. The third-order valence-electron chi connectivity index (χ3n) is 5.43. The van der Waals surface area contributed by atoms with E-state index >= 15 is 0 Å². The molecule has 1 amide bonds. The first-order valence-corrected chi connectivity index (χ1v) is 13.3. The van der Waals surface area contributed by atoms with Crippen molar-refractivity contribution in [2.24, 2.45) is 0 Å². The Kier molecular flexibility index (Phi) is 6.85. The Morgan fingerprint density at radius 3 is 2.73 bits per heavy atom. The molecule has 1 aliphatic carbocycles. The Morgan fingerprint density at radius 2 is 2.03 bits per heavy atom. The van der Waals surface area contributed by atoms with Gasteiger partial charge in [0.05, 0.1) is 12.9 Å². The maximum absolute atomic E-state index is 13.2. The number of benzene rings is 1. The molecule has 1 fully saturated rings. The van der Waals surface area contributed by atoms with Crippen LogP contribution in [0.15, 0.2) is 47.6 Å². The van der Waals surface area contributed by atoms with Crippen LogP contribution in [0.3, 0.4) is 0 Å². The standard InChI is InChI=1S/C23H25BrN4O4S/c1-3-16-8-4-5-9-20(16)32-15-7-6-14-27(17-10-11-17)23(29)18-12-13-19-21(25-18)22(24)26-28(19)33(2,30)31/h3-5,8-9,12-13,17H,1,6-7,10-11,14-15H2,2H3. The summed E-state index contributed by atoms with van der Waals surface area (Å²) in [6.45, 7) is 4.97. The minimum Gasteiger partial charge on any atom is -0.493 e. The molecule has 1 aliphatic rings. The predicted molar refractivity (Wildman–Crippen MR) is 131 cm³/mol. The summed E-state index contributed by atoms with van der Waals surface area (Å²) in [7, 11) is -3.58. The number of amides is 1. The van der Waals surface area contributed by atoms with Gasteiger partial charge in [-0.3, -0.25) is 4.79 Å². The normalized spacial score (nSPS) is 13.8. The zero-order chi connectivity index (χ0) is 23.6. The maximum atomic E-state index is 13.2. The molecule has 0 aliphatic heterocycles. The zero-order valence-electron chi connectivity index (χ0n) is 18.3. The molecule has 3 aromatic rings. The van der Waals surface area contributed by atoms with Gasteiger partial charge in [-0.05, 0) is 59.8 Å². The number of para-hydroxylation sites is 1. The van der Waals surface area contributed by atoms with Crippen molar-refractivity contribution in [1.29, 1.82) is 0 Å². The summed E-state index contributed by atoms with van der Waals surface area (Å²) in [5.41, 5.74) is 1.91. The van der Waals surface area contributed by atoms with Gasteiger partial charge in [0, 0.05) is 18.2 Å². The monoisotopic (exact) mass is 532 g/mol. The van der Waals surface area contributed by atoms with E-state index in [1.165, 1.54) is 0 Å². The predicted octanol–water partition coefficient (Wildman–Crippen LogP) is 4.11. The van der Waals surface area contributed by atoms with E-state index in [1.54, 1.807) is 18.2 Å². The molecule has 0 spiro atoms. The lowest BCUT2D eigenvalue weighted by molar-refractivity contribution is 0.0732. The molecule has 1 aromatic carbocycles. The van der Waals surface area contributed by atoms with Crippen molar-refractivity contribution in [3.8, 4) is 5.75 Å². The van der Waals surface area contributed by atoms with E-state index in [4.69, 9.17) is 4.74 Å². The number of nitrogens with zero attached hydrogens (tertiary/aromatic N) is 4. The highest BCUT2D eigenvalue weighted by Gasteiger charge is 2.33. The summed E-state index contributed by atoms with van der Waals surface area (Å²) < 4.78 is 31.0. The van der Waals surface area contributed by atoms with E-state index in [1.807, 2.05) is 29.2 Å². The number of rotatable bonds is 10. The molecule has 0 atom stereocenters. The van der Waals surface area contributed by atoms with Crippen LogP contribution >= 0.6 is 15.9 Å². The molecule has 1 saturated carbocycles. The van der Waals surface area contributed by atoms with E-state index in [2.05, 4.69) is 32.6 Å². The summed E-state index contributed by atoms with van der Waals surface area (Å²) in [6, 6.07) is 11.1. The van der Waals surface area contributed by atoms with Crippen molar-refractivity contribution in [3.05, 3.63) is 58.8 Å². The van der Waals surface area contributed by atoms with E-state index in [0.29, 0.717) is 24.2 Å². The average molecular weight is 533 g/mol. The third-order valence-corrected chi connectivity index (χ3v) is 6.87. The number of ether oxygens (including phenoxy) is 1. The van der Waals surface area contributed by atoms with E-state index in [9.17, 15) is 13.2 Å². The van der Waals surface area contributed by atoms with Gasteiger partial charge in [0.25, 0.3) is 15.9 Å². The third kappa shape index (κ3) is 5.27. The smallest absolute Gasteiger partial charge is 0.272 e. The number of pyridine rings is 1. The molecule has 33 heavy (non-hydrogen) atoms. The fraction of sp³-hybridized carbons (Fsp3) is 0.348. The lowest BCUT2D eigenvalue weighted by Crippen LogP contribution is -2.34. The molecule has 0 radical (unpaired) electrons. The molecule has 2 aromatic heterocycles. The van der Waals surface area contributed by atoms with Crippen LogP contribution in [0.25, 0.3) is 17.1 Å². The molecule has 2 heterocycles. The van der Waals surface area contributed by atoms with Gasteiger partial charge in [0.2, 0.25) is 0 Å². The SMILES string of the molecule is C=Cc1ccccc1OCCCCN(C(=O)c1ccc2c(n1)c(Br)nn2S(C)(=O)=O)C1CC1. The second-order valence-electron chi connectivity index (χ2n) is 7.99. The first-order valence-electron chi connectivity index (χ1n) is 10.7. The first-order chi connectivity index (χ1) is 15.8. The molecule has 174 valence electrons. The van der Waals surface area contributed by atoms with Crippen molar-refractivity contribution in [2.45, 2.75) is 31.7 Å². The summed E-state index contributed by atoms with van der Waals surface area (Å²) >= 11 is 3.26. The molecule has 10 heteroatoms. The van der Waals surface area contributed by atoms with Gasteiger partial charge in [0.1, 0.15) is 22.5 Å². The van der Waals surface area contributed by atoms with Crippen LogP contribution in [0.2, 0.25) is 0 Å². The Balaban J connectivity index is 1.41. The van der Waals surface area contributed by atoms with Gasteiger partial charge in [-0.15, -0.1) is 5.10 Å². The molecule has 0 unspecified atom stereocenters. The van der Waals surface area contributed by atoms with Crippen LogP contribution in [0.1, 0.15) is 41.7 Å². The Morgan fingerprint density at radius 1 is 1.27 bits per heavy atom. The molecule has 0 N–H and O–H groups in total. The molecule has 0 bridgehead atoms. The number of carbonyl (C=O) groups is 1. The summed E-state index contributed by atoms with van der Waals surface area (Å²) in [5.74, 6) is 0.650. The Hall–Kier alpha value is -2.72. The highest BCUT2D eigenvalue weighted by molar-refractivity contribution is 9.10. The molecular weight excluding hydrogens is 508 g/mol. The highest BCUT2D eigenvalue weighted by atomic mass is 79.9. The summed E-state index contributed by atoms with van der Waals surface area (Å²) in [5, 5.41) is 4.00. The number of fused-ring (bicyclic) bond motifs is 1. The maximum Gasteiger partial charge on any atom is 0.272 e. The van der Waals surface area contributed by atoms with Gasteiger partial charge in [0.15, 0.2) is 4.60 Å². The summed E-state index contributed by atoms with van der Waals surface area (Å²) in [6.07, 6.45) is 6.40. The minimum atomic E-state index is -3.58. The lowest BCUT2D eigenvalue weighted by atomic mass is 10.2. The van der Waals surface area contributed by atoms with Crippen molar-refractivity contribution in [1.82, 2.24) is 19.1 Å². The van der Waals surface area contributed by atoms with Gasteiger partial charge in [-0.25, -0.2) is 13.4 Å². The molecule has 8 nitrogen and oxygen atoms in total. The van der Waals surface area contributed by atoms with Gasteiger partial charge < -0.3 is 9.64 Å². The van der Waals surface area contributed by atoms with Crippen LogP contribution in [0, 0.1) is 0 Å². The number of hydrogen-bond acceptors (Lipinski definition) is 6. The minimum absolute atomic E-state index is 0.156. The number of aromatic nitrogens is 3. The topological polar surface area (TPSA) is 94.4 Å². The average Bonchev–Trinajstić information content (AvgIpc) is 3.58. The largest absolute Gasteiger partial charge is 0.493 e. The summed E-state index contributed by atoms with van der Waals surface area (Å²) in [4.78, 5) is 19.5. The second kappa shape index (κ2) is 9.64. The van der Waals surface area contributed by atoms with Gasteiger partial charge >= 0.3 is 0 Å². The fourth-order valence-electron chi connectivity index (χ4n) is 3.64. The second-order valence-corrected chi connectivity index (χ2v) is 10.6. The number of hydrogen-bond donors (Lipinski definition) is 0. The van der Waals surface area contributed by atoms with E-state index < -0.39 is 10.0 Å². The number of unbranched alkanes of at least 4 members (excludes halogenated alkanes) is 1. The quantitative estimate of drug-likeness (QED) is 0.364. The fourth-order valence-corrected chi connectivity index (χ4v) is 4.93. The Labute approximate surface area is 201 Å².